The second-order valence-corrected chi connectivity index (χ2v) is 9.24. The molecule has 0 aromatic heterocycles. The minimum absolute atomic E-state index is 0.129. The van der Waals surface area contributed by atoms with Gasteiger partial charge in [0, 0.05) is 35.9 Å². The van der Waals surface area contributed by atoms with Gasteiger partial charge in [-0.2, -0.15) is 13.2 Å². The van der Waals surface area contributed by atoms with Gasteiger partial charge in [-0.25, -0.2) is 7.91 Å². The zero-order valence-electron chi connectivity index (χ0n) is 18.6. The molecule has 0 saturated carbocycles. The van der Waals surface area contributed by atoms with E-state index in [0.717, 1.165) is 17.7 Å². The average Bonchev–Trinajstić information content (AvgIpc) is 2.80. The number of carbonyl (C=O) groups is 2. The van der Waals surface area contributed by atoms with Crippen LogP contribution in [-0.4, -0.2) is 17.5 Å². The lowest BCUT2D eigenvalue weighted by Gasteiger charge is -2.39. The summed E-state index contributed by atoms with van der Waals surface area (Å²) in [6.07, 6.45) is -1.51. The molecule has 0 atom stereocenters. The minimum atomic E-state index is -4.49. The van der Waals surface area contributed by atoms with Gasteiger partial charge in [-0.15, -0.1) is 0 Å². The Labute approximate surface area is 209 Å². The smallest absolute Gasteiger partial charge is 0.416 e. The first kappa shape index (κ1) is 24.4. The number of fused-ring (bicyclic) bond motifs is 2. The number of alkyl halides is 3. The highest BCUT2D eigenvalue weighted by Gasteiger charge is 2.38. The summed E-state index contributed by atoms with van der Waals surface area (Å²) in [5.74, 6) is -0.279. The number of nitrogens with one attached hydrogen (secondary N) is 2. The van der Waals surface area contributed by atoms with Gasteiger partial charge in [0.1, 0.15) is 11.4 Å². The summed E-state index contributed by atoms with van der Waals surface area (Å²) in [4.78, 5) is 24.9. The summed E-state index contributed by atoms with van der Waals surface area (Å²) < 4.78 is 47.4. The first-order valence-electron chi connectivity index (χ1n) is 10.8. The Balaban J connectivity index is 1.69. The van der Waals surface area contributed by atoms with E-state index in [1.54, 1.807) is 18.2 Å². The lowest BCUT2D eigenvalue weighted by Crippen LogP contribution is -2.38. The topological polar surface area (TPSA) is 70.7 Å². The van der Waals surface area contributed by atoms with Gasteiger partial charge in [-0.05, 0) is 42.7 Å². The fourth-order valence-corrected chi connectivity index (χ4v) is 4.89. The maximum Gasteiger partial charge on any atom is 0.416 e. The summed E-state index contributed by atoms with van der Waals surface area (Å²) in [5.41, 5.74) is 1.61. The highest BCUT2D eigenvalue weighted by Crippen LogP contribution is 2.45. The zero-order valence-corrected chi connectivity index (χ0v) is 20.7. The molecule has 0 saturated heterocycles. The van der Waals surface area contributed by atoms with Gasteiger partial charge in [-0.1, -0.05) is 26.0 Å². The molecule has 2 aromatic carbocycles. The van der Waals surface area contributed by atoms with Crippen LogP contribution < -0.4 is 18.5 Å². The minimum Gasteiger partial charge on any atom is -0.486 e. The van der Waals surface area contributed by atoms with E-state index in [4.69, 9.17) is 4.74 Å². The Morgan fingerprint density at radius 2 is 2.00 bits per heavy atom. The van der Waals surface area contributed by atoms with E-state index in [1.165, 1.54) is 15.3 Å². The van der Waals surface area contributed by atoms with Crippen LogP contribution in [0, 0.1) is 0 Å². The van der Waals surface area contributed by atoms with Crippen molar-refractivity contribution in [3.63, 3.8) is 0 Å². The van der Waals surface area contributed by atoms with Gasteiger partial charge in [0.05, 0.1) is 34.1 Å². The molecule has 0 bridgehead atoms. The SMILES string of the molecule is CCC1(CC)C/C(=C\C(=O)Nc2cccc3c2CNC(=O)N3I)c2ccc(C(F)(F)F)cc2O1. The highest BCUT2D eigenvalue weighted by molar-refractivity contribution is 14.1. The number of anilines is 2. The van der Waals surface area contributed by atoms with Crippen molar-refractivity contribution < 1.29 is 27.5 Å². The molecule has 2 aliphatic heterocycles. The summed E-state index contributed by atoms with van der Waals surface area (Å²) in [6, 6.07) is 8.40. The zero-order chi connectivity index (χ0) is 24.7. The molecule has 4 rings (SSSR count). The third-order valence-corrected chi connectivity index (χ3v) is 7.26. The predicted octanol–water partition coefficient (Wildman–Crippen LogP) is 6.45. The molecule has 2 aliphatic rings. The molecule has 0 unspecified atom stereocenters. The lowest BCUT2D eigenvalue weighted by atomic mass is 9.83. The van der Waals surface area contributed by atoms with Crippen LogP contribution in [0.25, 0.3) is 5.57 Å². The van der Waals surface area contributed by atoms with Gasteiger partial charge in [0.2, 0.25) is 5.91 Å². The van der Waals surface area contributed by atoms with Gasteiger partial charge in [-0.3, -0.25) is 4.79 Å². The molecular weight excluding hydrogens is 562 g/mol. The van der Waals surface area contributed by atoms with Crippen molar-refractivity contribution >= 4 is 51.8 Å². The predicted molar refractivity (Wildman–Crippen MR) is 132 cm³/mol. The average molecular weight is 585 g/mol. The van der Waals surface area contributed by atoms with Crippen molar-refractivity contribution in [1.82, 2.24) is 5.32 Å². The normalized spacial score (nSPS) is 18.0. The molecule has 2 aromatic rings. The summed E-state index contributed by atoms with van der Waals surface area (Å²) in [5, 5.41) is 5.61. The van der Waals surface area contributed by atoms with E-state index in [0.29, 0.717) is 41.8 Å². The number of urea groups is 1. The molecule has 34 heavy (non-hydrogen) atoms. The first-order chi connectivity index (χ1) is 16.1. The van der Waals surface area contributed by atoms with Crippen LogP contribution in [0.3, 0.4) is 0 Å². The van der Waals surface area contributed by atoms with E-state index in [1.807, 2.05) is 36.7 Å². The number of amides is 3. The second kappa shape index (κ2) is 9.12. The largest absolute Gasteiger partial charge is 0.486 e. The number of halogens is 4. The van der Waals surface area contributed by atoms with Crippen molar-refractivity contribution in [2.45, 2.75) is 51.4 Å². The van der Waals surface area contributed by atoms with E-state index >= 15 is 0 Å². The third-order valence-electron chi connectivity index (χ3n) is 6.30. The Morgan fingerprint density at radius 3 is 2.68 bits per heavy atom. The number of rotatable bonds is 4. The van der Waals surface area contributed by atoms with Crippen molar-refractivity contribution in [2.24, 2.45) is 0 Å². The molecule has 6 nitrogen and oxygen atoms in total. The van der Waals surface area contributed by atoms with Gasteiger partial charge in [0.15, 0.2) is 0 Å². The van der Waals surface area contributed by atoms with Crippen LogP contribution in [0.4, 0.5) is 29.3 Å². The number of carbonyl (C=O) groups excluding carboxylic acids is 2. The maximum atomic E-state index is 13.3. The summed E-state index contributed by atoms with van der Waals surface area (Å²) >= 11 is 1.89. The monoisotopic (exact) mass is 585 g/mol. The molecule has 180 valence electrons. The van der Waals surface area contributed by atoms with Crippen LogP contribution in [0.5, 0.6) is 5.75 Å². The Kier molecular flexibility index (Phi) is 6.54. The quantitative estimate of drug-likeness (QED) is 0.246. The number of nitrogens with zero attached hydrogens (tertiary/aromatic N) is 1. The van der Waals surface area contributed by atoms with Crippen LogP contribution in [-0.2, 0) is 17.5 Å². The molecule has 2 N–H and O–H groups in total. The highest BCUT2D eigenvalue weighted by atomic mass is 127. The Hall–Kier alpha value is -2.76. The number of benzene rings is 2. The molecule has 0 spiro atoms. The van der Waals surface area contributed by atoms with Crippen molar-refractivity contribution in [2.75, 3.05) is 8.43 Å². The molecule has 3 amide bonds. The molecule has 0 aliphatic carbocycles. The Morgan fingerprint density at radius 1 is 1.26 bits per heavy atom. The molecular formula is C24H23F3IN3O3. The van der Waals surface area contributed by atoms with Crippen molar-refractivity contribution in [3.05, 3.63) is 59.2 Å². The fraction of sp³-hybridized carbons (Fsp3) is 0.333. The maximum absolute atomic E-state index is 13.3. The van der Waals surface area contributed by atoms with Crippen LogP contribution in [0.15, 0.2) is 42.5 Å². The van der Waals surface area contributed by atoms with E-state index in [2.05, 4.69) is 10.6 Å². The molecule has 0 radical (unpaired) electrons. The molecule has 2 heterocycles. The number of hydrogen-bond acceptors (Lipinski definition) is 3. The standard InChI is InChI=1S/C24H23F3IN3O3/c1-3-23(4-2)12-14(16-9-8-15(24(25,26)27)11-20(16)34-23)10-21(32)30-18-6-5-7-19-17(18)13-29-22(33)31(19)28/h5-11H,3-4,12-13H2,1-2H3,(H,29,33)(H,30,32)/b14-10+. The van der Waals surface area contributed by atoms with E-state index in [9.17, 15) is 22.8 Å². The van der Waals surface area contributed by atoms with Gasteiger partial charge in [0.25, 0.3) is 0 Å². The van der Waals surface area contributed by atoms with E-state index in [-0.39, 0.29) is 18.3 Å². The van der Waals surface area contributed by atoms with E-state index < -0.39 is 23.2 Å². The number of hydrogen-bond donors (Lipinski definition) is 2. The fourth-order valence-electron chi connectivity index (χ4n) is 4.26. The van der Waals surface area contributed by atoms with Crippen molar-refractivity contribution in [3.8, 4) is 5.75 Å². The third kappa shape index (κ3) is 4.59. The lowest BCUT2D eigenvalue weighted by molar-refractivity contribution is -0.137. The van der Waals surface area contributed by atoms with Crippen LogP contribution >= 0.6 is 22.9 Å². The first-order valence-corrected chi connectivity index (χ1v) is 11.8. The van der Waals surface area contributed by atoms with Crippen LogP contribution in [0.2, 0.25) is 0 Å². The second-order valence-electron chi connectivity index (χ2n) is 8.28. The Bertz CT molecular complexity index is 1180. The van der Waals surface area contributed by atoms with Crippen LogP contribution in [0.1, 0.15) is 49.8 Å². The molecule has 0 fully saturated rings. The van der Waals surface area contributed by atoms with Gasteiger partial charge < -0.3 is 15.4 Å². The summed E-state index contributed by atoms with van der Waals surface area (Å²) in [6.45, 7) is 4.10. The van der Waals surface area contributed by atoms with Crippen molar-refractivity contribution in [1.29, 1.82) is 0 Å². The summed E-state index contributed by atoms with van der Waals surface area (Å²) in [7, 11) is 0. The van der Waals surface area contributed by atoms with Gasteiger partial charge >= 0.3 is 12.2 Å². The number of ether oxygens (including phenoxy) is 1. The molecule has 10 heteroatoms.